The average Bonchev–Trinajstić information content (AvgIpc) is 2.10. The zero-order chi connectivity index (χ0) is 11.5. The number of nitriles is 1. The fourth-order valence-electron chi connectivity index (χ4n) is 1.75. The van der Waals surface area contributed by atoms with E-state index in [-0.39, 0.29) is 17.5 Å². The molecule has 5 heteroatoms. The number of nitrogens with zero attached hydrogens (tertiary/aromatic N) is 1. The fourth-order valence-corrected chi connectivity index (χ4v) is 2.04. The third-order valence-corrected chi connectivity index (χ3v) is 3.20. The van der Waals surface area contributed by atoms with E-state index in [0.29, 0.717) is 0 Å². The number of ether oxygens (including phenoxy) is 1. The van der Waals surface area contributed by atoms with Gasteiger partial charge in [0.25, 0.3) is 0 Å². The summed E-state index contributed by atoms with van der Waals surface area (Å²) in [6, 6.07) is 1.96. The summed E-state index contributed by atoms with van der Waals surface area (Å²) < 4.78 is 4.89. The molecule has 15 heavy (non-hydrogen) atoms. The summed E-state index contributed by atoms with van der Waals surface area (Å²) in [5, 5.41) is 9.16. The van der Waals surface area contributed by atoms with Gasteiger partial charge in [-0.15, -0.1) is 0 Å². The molecule has 0 amide bonds. The van der Waals surface area contributed by atoms with Crippen LogP contribution in [0.4, 0.5) is 0 Å². The highest BCUT2D eigenvalue weighted by Gasteiger charge is 2.52. The minimum absolute atomic E-state index is 0.0619. The molecule has 1 atom stereocenters. The first-order valence-corrected chi connectivity index (χ1v) is 5.38. The second-order valence-corrected chi connectivity index (χ2v) is 4.07. The van der Waals surface area contributed by atoms with E-state index < -0.39 is 11.4 Å². The van der Waals surface area contributed by atoms with Gasteiger partial charge < -0.3 is 10.5 Å². The Hall–Kier alpha value is -1.15. The summed E-state index contributed by atoms with van der Waals surface area (Å²) in [5.41, 5.74) is 4.13. The second kappa shape index (κ2) is 4.58. The fraction of sp³-hybridized carbons (Fsp3) is 0.700. The molecular weight excluding hydrogens is 212 g/mol. The SMILES string of the molecule is CCOC(=O)C(C#N)(C(N)=S)C1CCC1. The second-order valence-electron chi connectivity index (χ2n) is 3.63. The molecule has 0 aromatic heterocycles. The average molecular weight is 226 g/mol. The third-order valence-electron chi connectivity index (χ3n) is 2.88. The third kappa shape index (κ3) is 1.82. The van der Waals surface area contributed by atoms with E-state index in [9.17, 15) is 4.79 Å². The molecule has 1 aliphatic rings. The van der Waals surface area contributed by atoms with E-state index in [4.69, 9.17) is 28.0 Å². The van der Waals surface area contributed by atoms with Gasteiger partial charge in [-0.1, -0.05) is 18.6 Å². The lowest BCUT2D eigenvalue weighted by atomic mass is 9.66. The largest absolute Gasteiger partial charge is 0.464 e. The van der Waals surface area contributed by atoms with Gasteiger partial charge in [0, 0.05) is 0 Å². The number of nitrogens with two attached hydrogens (primary N) is 1. The Morgan fingerprint density at radius 2 is 2.33 bits per heavy atom. The topological polar surface area (TPSA) is 76.1 Å². The van der Waals surface area contributed by atoms with E-state index in [0.717, 1.165) is 19.3 Å². The predicted molar refractivity (Wildman–Crippen MR) is 58.8 cm³/mol. The molecule has 0 aliphatic heterocycles. The van der Waals surface area contributed by atoms with Crippen LogP contribution in [0.3, 0.4) is 0 Å². The van der Waals surface area contributed by atoms with Gasteiger partial charge in [0.05, 0.1) is 12.7 Å². The van der Waals surface area contributed by atoms with Crippen LogP contribution in [0.15, 0.2) is 0 Å². The molecule has 1 saturated carbocycles. The number of rotatable bonds is 4. The van der Waals surface area contributed by atoms with Gasteiger partial charge in [0.2, 0.25) is 5.41 Å². The van der Waals surface area contributed by atoms with Crippen molar-refractivity contribution >= 4 is 23.2 Å². The molecule has 0 spiro atoms. The van der Waals surface area contributed by atoms with Gasteiger partial charge >= 0.3 is 5.97 Å². The van der Waals surface area contributed by atoms with Crippen molar-refractivity contribution in [2.24, 2.45) is 17.1 Å². The van der Waals surface area contributed by atoms with E-state index in [1.54, 1.807) is 6.92 Å². The van der Waals surface area contributed by atoms with Crippen molar-refractivity contribution in [1.29, 1.82) is 5.26 Å². The lowest BCUT2D eigenvalue weighted by molar-refractivity contribution is -0.152. The normalized spacial score (nSPS) is 19.5. The molecule has 0 radical (unpaired) electrons. The molecule has 0 bridgehead atoms. The predicted octanol–water partition coefficient (Wildman–Crippen LogP) is 1.15. The van der Waals surface area contributed by atoms with Crippen LogP contribution < -0.4 is 5.73 Å². The Bertz CT molecular complexity index is 320. The van der Waals surface area contributed by atoms with Crippen molar-refractivity contribution < 1.29 is 9.53 Å². The monoisotopic (exact) mass is 226 g/mol. The molecule has 2 N–H and O–H groups in total. The molecule has 4 nitrogen and oxygen atoms in total. The number of thiocarbonyl (C=S) groups is 1. The minimum Gasteiger partial charge on any atom is -0.464 e. The molecule has 1 unspecified atom stereocenters. The van der Waals surface area contributed by atoms with Crippen LogP contribution in [0.25, 0.3) is 0 Å². The van der Waals surface area contributed by atoms with Gasteiger partial charge in [-0.05, 0) is 25.7 Å². The first-order valence-electron chi connectivity index (χ1n) is 4.98. The summed E-state index contributed by atoms with van der Waals surface area (Å²) in [5.74, 6) is -0.663. The van der Waals surface area contributed by atoms with Crippen molar-refractivity contribution in [3.63, 3.8) is 0 Å². The van der Waals surface area contributed by atoms with Gasteiger partial charge in [-0.25, -0.2) is 4.79 Å². The van der Waals surface area contributed by atoms with E-state index in [1.807, 2.05) is 6.07 Å². The molecule has 1 fully saturated rings. The molecule has 0 saturated heterocycles. The molecule has 82 valence electrons. The van der Waals surface area contributed by atoms with Gasteiger partial charge in [0.15, 0.2) is 0 Å². The molecular formula is C10H14N2O2S. The summed E-state index contributed by atoms with van der Waals surface area (Å²) in [6.45, 7) is 1.93. The minimum atomic E-state index is -1.40. The highest BCUT2D eigenvalue weighted by atomic mass is 32.1. The number of hydrogen-bond acceptors (Lipinski definition) is 4. The van der Waals surface area contributed by atoms with Crippen molar-refractivity contribution in [2.75, 3.05) is 6.61 Å². The summed E-state index contributed by atoms with van der Waals surface area (Å²) >= 11 is 4.85. The van der Waals surface area contributed by atoms with Crippen LogP contribution in [-0.2, 0) is 9.53 Å². The molecule has 0 aromatic carbocycles. The molecule has 0 aromatic rings. The Balaban J connectivity index is 2.98. The standard InChI is InChI=1S/C10H14N2O2S/c1-2-14-9(13)10(6-11,8(12)15)7-4-3-5-7/h7H,2-5H2,1H3,(H2,12,15). The lowest BCUT2D eigenvalue weighted by Crippen LogP contribution is -2.50. The lowest BCUT2D eigenvalue weighted by Gasteiger charge is -2.37. The first kappa shape index (κ1) is 11.9. The summed E-state index contributed by atoms with van der Waals surface area (Å²) in [6.07, 6.45) is 2.63. The quantitative estimate of drug-likeness (QED) is 0.574. The van der Waals surface area contributed by atoms with Gasteiger partial charge in [0.1, 0.15) is 4.99 Å². The highest BCUT2D eigenvalue weighted by Crippen LogP contribution is 2.43. The molecule has 1 rings (SSSR count). The molecule has 1 aliphatic carbocycles. The summed E-state index contributed by atoms with van der Waals surface area (Å²) in [7, 11) is 0. The van der Waals surface area contributed by atoms with Crippen LogP contribution in [0.5, 0.6) is 0 Å². The Labute approximate surface area is 94.4 Å². The maximum Gasteiger partial charge on any atom is 0.333 e. The van der Waals surface area contributed by atoms with Crippen molar-refractivity contribution in [3.8, 4) is 6.07 Å². The van der Waals surface area contributed by atoms with Gasteiger partial charge in [-0.3, -0.25) is 0 Å². The Morgan fingerprint density at radius 1 is 1.73 bits per heavy atom. The smallest absolute Gasteiger partial charge is 0.333 e. The van der Waals surface area contributed by atoms with Crippen LogP contribution in [0.2, 0.25) is 0 Å². The Morgan fingerprint density at radius 3 is 2.60 bits per heavy atom. The Kier molecular flexibility index (Phi) is 3.64. The van der Waals surface area contributed by atoms with Crippen molar-refractivity contribution in [1.82, 2.24) is 0 Å². The highest BCUT2D eigenvalue weighted by molar-refractivity contribution is 7.80. The van der Waals surface area contributed by atoms with Crippen molar-refractivity contribution in [2.45, 2.75) is 26.2 Å². The summed E-state index contributed by atoms with van der Waals surface area (Å²) in [4.78, 5) is 11.7. The van der Waals surface area contributed by atoms with Crippen molar-refractivity contribution in [3.05, 3.63) is 0 Å². The van der Waals surface area contributed by atoms with E-state index in [1.165, 1.54) is 0 Å². The zero-order valence-corrected chi connectivity index (χ0v) is 9.47. The van der Waals surface area contributed by atoms with E-state index >= 15 is 0 Å². The maximum atomic E-state index is 11.8. The van der Waals surface area contributed by atoms with E-state index in [2.05, 4.69) is 0 Å². The zero-order valence-electron chi connectivity index (χ0n) is 8.66. The van der Waals surface area contributed by atoms with Gasteiger partial charge in [-0.2, -0.15) is 5.26 Å². The van der Waals surface area contributed by atoms with Crippen LogP contribution in [0.1, 0.15) is 26.2 Å². The number of carbonyl (C=O) groups excluding carboxylic acids is 1. The van der Waals surface area contributed by atoms with Crippen LogP contribution in [-0.4, -0.2) is 17.6 Å². The number of carbonyl (C=O) groups is 1. The first-order chi connectivity index (χ1) is 7.09. The maximum absolute atomic E-state index is 11.8. The molecule has 0 heterocycles. The van der Waals surface area contributed by atoms with Crippen LogP contribution >= 0.6 is 12.2 Å². The number of hydrogen-bond donors (Lipinski definition) is 1. The van der Waals surface area contributed by atoms with Crippen LogP contribution in [0, 0.1) is 22.7 Å². The number of esters is 1.